The Morgan fingerprint density at radius 1 is 1.11 bits per heavy atom. The average Bonchev–Trinajstić information content (AvgIpc) is 3.45. The molecule has 0 fully saturated rings. The van der Waals surface area contributed by atoms with E-state index in [1.54, 1.807) is 49.4 Å². The first kappa shape index (κ1) is 25.5. The summed E-state index contributed by atoms with van der Waals surface area (Å²) in [5.74, 6) is -0.0760. The number of amides is 1. The topological polar surface area (TPSA) is 108 Å². The number of aryl methyl sites for hydroxylation is 1. The van der Waals surface area contributed by atoms with Gasteiger partial charge < -0.3 is 18.6 Å². The molecule has 0 saturated heterocycles. The molecular formula is C28H26N2O7S. The van der Waals surface area contributed by atoms with E-state index in [9.17, 15) is 14.4 Å². The molecule has 0 saturated carbocycles. The van der Waals surface area contributed by atoms with Crippen molar-refractivity contribution in [2.24, 2.45) is 0 Å². The Hall–Kier alpha value is -4.18. The van der Waals surface area contributed by atoms with E-state index in [-0.39, 0.29) is 26.8 Å². The van der Waals surface area contributed by atoms with Gasteiger partial charge in [-0.3, -0.25) is 14.5 Å². The van der Waals surface area contributed by atoms with E-state index in [1.807, 2.05) is 13.8 Å². The zero-order chi connectivity index (χ0) is 27.0. The number of methoxy groups -OCH3 is 1. The quantitative estimate of drug-likeness (QED) is 0.281. The van der Waals surface area contributed by atoms with Gasteiger partial charge in [-0.05, 0) is 50.1 Å². The zero-order valence-corrected chi connectivity index (χ0v) is 22.2. The lowest BCUT2D eigenvalue weighted by Gasteiger charge is -2.23. The molecular weight excluding hydrogens is 508 g/mol. The van der Waals surface area contributed by atoms with Crippen molar-refractivity contribution in [2.45, 2.75) is 33.2 Å². The monoisotopic (exact) mass is 534 g/mol. The number of carbonyl (C=O) groups excluding carboxylic acids is 2. The van der Waals surface area contributed by atoms with Crippen molar-refractivity contribution in [2.75, 3.05) is 25.2 Å². The van der Waals surface area contributed by atoms with Crippen LogP contribution in [0.4, 0.5) is 5.13 Å². The lowest BCUT2D eigenvalue weighted by Crippen LogP contribution is -2.29. The normalized spacial score (nSPS) is 14.6. The molecule has 0 spiro atoms. The molecule has 4 aromatic rings. The minimum absolute atomic E-state index is 0.0598. The number of rotatable bonds is 8. The lowest BCUT2D eigenvalue weighted by atomic mass is 9.98. The van der Waals surface area contributed by atoms with Crippen molar-refractivity contribution in [3.05, 3.63) is 80.1 Å². The van der Waals surface area contributed by atoms with Crippen LogP contribution >= 0.6 is 11.3 Å². The van der Waals surface area contributed by atoms with E-state index in [0.29, 0.717) is 46.9 Å². The number of aromatic nitrogens is 1. The lowest BCUT2D eigenvalue weighted by molar-refractivity contribution is 0.0605. The second-order valence-electron chi connectivity index (χ2n) is 8.64. The Labute approximate surface area is 222 Å². The van der Waals surface area contributed by atoms with Crippen molar-refractivity contribution in [3.8, 4) is 11.5 Å². The SMILES string of the molecule is CCCOc1ccc([C@H]2c3c(oc4ccccc4c3=O)C(=O)N2c2nc(C)c(C(=O)OC)s2)cc1OCC. The summed E-state index contributed by atoms with van der Waals surface area (Å²) < 4.78 is 22.6. The summed E-state index contributed by atoms with van der Waals surface area (Å²) in [5.41, 5.74) is 1.23. The van der Waals surface area contributed by atoms with Gasteiger partial charge in [0.1, 0.15) is 10.5 Å². The van der Waals surface area contributed by atoms with Crippen molar-refractivity contribution in [1.29, 1.82) is 0 Å². The zero-order valence-electron chi connectivity index (χ0n) is 21.4. The molecule has 10 heteroatoms. The number of hydrogen-bond acceptors (Lipinski definition) is 9. The summed E-state index contributed by atoms with van der Waals surface area (Å²) in [6, 6.07) is 11.3. The highest BCUT2D eigenvalue weighted by atomic mass is 32.1. The highest BCUT2D eigenvalue weighted by Crippen LogP contribution is 2.44. The number of anilines is 1. The van der Waals surface area contributed by atoms with Gasteiger partial charge >= 0.3 is 5.97 Å². The van der Waals surface area contributed by atoms with Crippen LogP contribution in [0.15, 0.2) is 51.7 Å². The molecule has 1 atom stereocenters. The molecule has 1 amide bonds. The first-order chi connectivity index (χ1) is 18.4. The number of para-hydroxylation sites is 1. The molecule has 0 bridgehead atoms. The third-order valence-electron chi connectivity index (χ3n) is 6.18. The third-order valence-corrected chi connectivity index (χ3v) is 7.32. The largest absolute Gasteiger partial charge is 0.490 e. The molecule has 2 aromatic heterocycles. The fraction of sp³-hybridized carbons (Fsp3) is 0.286. The van der Waals surface area contributed by atoms with Gasteiger partial charge in [-0.2, -0.15) is 0 Å². The minimum Gasteiger partial charge on any atom is -0.490 e. The molecule has 0 unspecified atom stereocenters. The minimum atomic E-state index is -0.867. The number of nitrogens with zero attached hydrogens (tertiary/aromatic N) is 2. The van der Waals surface area contributed by atoms with E-state index in [1.165, 1.54) is 12.0 Å². The highest BCUT2D eigenvalue weighted by molar-refractivity contribution is 7.17. The fourth-order valence-corrected chi connectivity index (χ4v) is 5.51. The smallest absolute Gasteiger partial charge is 0.350 e. The Morgan fingerprint density at radius 3 is 2.63 bits per heavy atom. The highest BCUT2D eigenvalue weighted by Gasteiger charge is 2.45. The van der Waals surface area contributed by atoms with Crippen molar-refractivity contribution in [3.63, 3.8) is 0 Å². The summed E-state index contributed by atoms with van der Waals surface area (Å²) in [4.78, 5) is 46.1. The third kappa shape index (κ3) is 4.20. The van der Waals surface area contributed by atoms with Gasteiger partial charge in [0.2, 0.25) is 5.76 Å². The van der Waals surface area contributed by atoms with Gasteiger partial charge in [0, 0.05) is 0 Å². The molecule has 38 heavy (non-hydrogen) atoms. The van der Waals surface area contributed by atoms with Crippen LogP contribution in [0.3, 0.4) is 0 Å². The average molecular weight is 535 g/mol. The van der Waals surface area contributed by atoms with Crippen molar-refractivity contribution < 1.29 is 28.2 Å². The second kappa shape index (κ2) is 10.3. The number of fused-ring (bicyclic) bond motifs is 2. The number of benzene rings is 2. The molecule has 0 N–H and O–H groups in total. The summed E-state index contributed by atoms with van der Waals surface area (Å²) in [5, 5.41) is 0.612. The first-order valence-electron chi connectivity index (χ1n) is 12.2. The molecule has 1 aliphatic rings. The van der Waals surface area contributed by atoms with Gasteiger partial charge in [-0.15, -0.1) is 0 Å². The van der Waals surface area contributed by atoms with E-state index < -0.39 is 17.9 Å². The molecule has 2 aromatic carbocycles. The maximum atomic E-state index is 13.8. The Morgan fingerprint density at radius 2 is 1.89 bits per heavy atom. The second-order valence-corrected chi connectivity index (χ2v) is 9.62. The van der Waals surface area contributed by atoms with Crippen LogP contribution in [0.25, 0.3) is 11.0 Å². The van der Waals surface area contributed by atoms with Crippen LogP contribution in [-0.2, 0) is 4.74 Å². The molecule has 3 heterocycles. The number of thiazole rings is 1. The Kier molecular flexibility index (Phi) is 6.90. The number of carbonyl (C=O) groups is 2. The van der Waals surface area contributed by atoms with Crippen LogP contribution in [0.5, 0.6) is 11.5 Å². The van der Waals surface area contributed by atoms with Gasteiger partial charge in [0.25, 0.3) is 5.91 Å². The number of hydrogen-bond donors (Lipinski definition) is 0. The van der Waals surface area contributed by atoms with E-state index in [4.69, 9.17) is 18.6 Å². The molecule has 196 valence electrons. The summed E-state index contributed by atoms with van der Waals surface area (Å²) >= 11 is 1.02. The van der Waals surface area contributed by atoms with Gasteiger partial charge in [-0.25, -0.2) is 9.78 Å². The van der Waals surface area contributed by atoms with Gasteiger partial charge in [-0.1, -0.05) is 36.5 Å². The van der Waals surface area contributed by atoms with E-state index >= 15 is 0 Å². The molecule has 0 aliphatic carbocycles. The Bertz CT molecular complexity index is 1610. The van der Waals surface area contributed by atoms with Crippen molar-refractivity contribution in [1.82, 2.24) is 4.98 Å². The van der Waals surface area contributed by atoms with Gasteiger partial charge in [0.05, 0.1) is 43.0 Å². The number of esters is 1. The molecule has 1 aliphatic heterocycles. The van der Waals surface area contributed by atoms with Crippen molar-refractivity contribution >= 4 is 39.3 Å². The summed E-state index contributed by atoms with van der Waals surface area (Å²) in [7, 11) is 1.28. The van der Waals surface area contributed by atoms with Crippen LogP contribution < -0.4 is 19.8 Å². The van der Waals surface area contributed by atoms with Crippen LogP contribution in [-0.4, -0.2) is 37.2 Å². The number of ether oxygens (including phenoxy) is 3. The van der Waals surface area contributed by atoms with Crippen LogP contribution in [0, 0.1) is 6.92 Å². The Balaban J connectivity index is 1.74. The maximum absolute atomic E-state index is 13.8. The fourth-order valence-electron chi connectivity index (χ4n) is 4.49. The van der Waals surface area contributed by atoms with Gasteiger partial charge in [0.15, 0.2) is 22.1 Å². The predicted molar refractivity (Wildman–Crippen MR) is 143 cm³/mol. The first-order valence-corrected chi connectivity index (χ1v) is 13.1. The molecule has 5 rings (SSSR count). The molecule has 0 radical (unpaired) electrons. The van der Waals surface area contributed by atoms with Crippen LogP contribution in [0.2, 0.25) is 0 Å². The summed E-state index contributed by atoms with van der Waals surface area (Å²) in [6.07, 6.45) is 0.825. The standard InChI is InChI=1S/C28H26N2O7S/c1-5-13-36-19-12-11-16(14-20(19)35-6-2)22-21-23(31)17-9-7-8-10-18(17)37-24(21)26(32)30(22)28-29-15(3)25(38-28)27(33)34-4/h7-12,14,22H,5-6,13H2,1-4H3/t22-/m0/s1. The maximum Gasteiger partial charge on any atom is 0.350 e. The summed E-state index contributed by atoms with van der Waals surface area (Å²) in [6.45, 7) is 6.46. The van der Waals surface area contributed by atoms with E-state index in [2.05, 4.69) is 4.98 Å². The predicted octanol–water partition coefficient (Wildman–Crippen LogP) is 5.28. The molecule has 9 nitrogen and oxygen atoms in total. The van der Waals surface area contributed by atoms with Crippen LogP contribution in [0.1, 0.15) is 63.4 Å². The van der Waals surface area contributed by atoms with E-state index in [0.717, 1.165) is 17.8 Å².